The number of aromatic nitrogens is 1. The molecule has 0 bridgehead atoms. The number of halogens is 1. The molecule has 1 unspecified atom stereocenters. The average Bonchev–Trinajstić information content (AvgIpc) is 2.98. The van der Waals surface area contributed by atoms with E-state index in [-0.39, 0.29) is 11.6 Å². The lowest BCUT2D eigenvalue weighted by Crippen LogP contribution is -2.46. The average molecular weight is 457 g/mol. The molecule has 0 saturated carbocycles. The second-order valence-corrected chi connectivity index (χ2v) is 7.91. The van der Waals surface area contributed by atoms with Crippen molar-refractivity contribution in [3.63, 3.8) is 0 Å². The highest BCUT2D eigenvalue weighted by Crippen LogP contribution is 2.24. The number of nitrogens with zero attached hydrogens (tertiary/aromatic N) is 2. The lowest BCUT2D eigenvalue weighted by Gasteiger charge is -2.14. The van der Waals surface area contributed by atoms with E-state index in [0.29, 0.717) is 10.6 Å². The Morgan fingerprint density at radius 1 is 1.19 bits per heavy atom. The Morgan fingerprint density at radius 3 is 2.47 bits per heavy atom. The van der Waals surface area contributed by atoms with Gasteiger partial charge in [-0.2, -0.15) is 5.26 Å². The van der Waals surface area contributed by atoms with E-state index in [1.165, 1.54) is 13.0 Å². The minimum absolute atomic E-state index is 0.167. The van der Waals surface area contributed by atoms with E-state index in [4.69, 9.17) is 16.3 Å². The summed E-state index contributed by atoms with van der Waals surface area (Å²) in [5.74, 6) is -1.76. The number of nitriles is 1. The first-order chi connectivity index (χ1) is 15.0. The number of carbonyl (C=O) groups is 3. The Kier molecular flexibility index (Phi) is 8.21. The molecule has 1 atom stereocenters. The van der Waals surface area contributed by atoms with Crippen LogP contribution in [0.15, 0.2) is 35.9 Å². The van der Waals surface area contributed by atoms with Crippen molar-refractivity contribution in [1.29, 1.82) is 5.26 Å². The summed E-state index contributed by atoms with van der Waals surface area (Å²) in [6, 6.07) is 10.1. The van der Waals surface area contributed by atoms with Crippen LogP contribution in [-0.4, -0.2) is 34.6 Å². The molecule has 168 valence electrons. The van der Waals surface area contributed by atoms with Gasteiger partial charge in [-0.05, 0) is 70.5 Å². The van der Waals surface area contributed by atoms with Gasteiger partial charge in [0.15, 0.2) is 6.10 Å². The van der Waals surface area contributed by atoms with Crippen LogP contribution in [0, 0.1) is 25.2 Å². The second-order valence-electron chi connectivity index (χ2n) is 7.48. The quantitative estimate of drug-likeness (QED) is 0.389. The monoisotopic (exact) mass is 456 g/mol. The SMILES string of the molecule is Cc1cc(/C=C(\C#N)C(=O)OC(C)C(=O)NC(=O)NC(C)C)c(C)n1-c1cccc(Cl)c1. The highest BCUT2D eigenvalue weighted by Gasteiger charge is 2.23. The molecule has 2 N–H and O–H groups in total. The van der Waals surface area contributed by atoms with Crippen LogP contribution in [-0.2, 0) is 14.3 Å². The molecule has 1 aromatic carbocycles. The first-order valence-corrected chi connectivity index (χ1v) is 10.3. The molecule has 0 aliphatic rings. The molecule has 9 heteroatoms. The van der Waals surface area contributed by atoms with Gasteiger partial charge in [-0.15, -0.1) is 0 Å². The van der Waals surface area contributed by atoms with Crippen LogP contribution in [0.3, 0.4) is 0 Å². The van der Waals surface area contributed by atoms with E-state index < -0.39 is 24.0 Å². The van der Waals surface area contributed by atoms with Crippen molar-refractivity contribution in [1.82, 2.24) is 15.2 Å². The van der Waals surface area contributed by atoms with Crippen molar-refractivity contribution in [2.45, 2.75) is 46.8 Å². The fourth-order valence-corrected chi connectivity index (χ4v) is 3.21. The number of amides is 3. The summed E-state index contributed by atoms with van der Waals surface area (Å²) in [4.78, 5) is 36.2. The Bertz CT molecular complexity index is 1110. The van der Waals surface area contributed by atoms with Gasteiger partial charge in [-0.3, -0.25) is 10.1 Å². The van der Waals surface area contributed by atoms with Crippen molar-refractivity contribution < 1.29 is 19.1 Å². The Hall–Kier alpha value is -3.57. The zero-order valence-electron chi connectivity index (χ0n) is 18.5. The van der Waals surface area contributed by atoms with Gasteiger partial charge in [0.2, 0.25) is 0 Å². The number of urea groups is 1. The summed E-state index contributed by atoms with van der Waals surface area (Å²) < 4.78 is 7.02. The number of benzene rings is 1. The van der Waals surface area contributed by atoms with Crippen LogP contribution in [0.25, 0.3) is 11.8 Å². The molecule has 0 spiro atoms. The zero-order chi connectivity index (χ0) is 24.0. The summed E-state index contributed by atoms with van der Waals surface area (Å²) in [6.07, 6.45) is 0.137. The number of hydrogen-bond donors (Lipinski definition) is 2. The molecule has 0 aliphatic heterocycles. The largest absolute Gasteiger partial charge is 0.448 e. The molecule has 0 saturated heterocycles. The molecule has 8 nitrogen and oxygen atoms in total. The molecule has 2 aromatic rings. The van der Waals surface area contributed by atoms with Crippen LogP contribution >= 0.6 is 11.6 Å². The number of nitrogens with one attached hydrogen (secondary N) is 2. The smallest absolute Gasteiger partial charge is 0.349 e. The number of hydrogen-bond acceptors (Lipinski definition) is 5. The fourth-order valence-electron chi connectivity index (χ4n) is 3.03. The lowest BCUT2D eigenvalue weighted by atomic mass is 10.1. The summed E-state index contributed by atoms with van der Waals surface area (Å²) in [6.45, 7) is 8.53. The third-order valence-electron chi connectivity index (χ3n) is 4.49. The van der Waals surface area contributed by atoms with Gasteiger partial charge in [0, 0.05) is 28.1 Å². The molecular weight excluding hydrogens is 432 g/mol. The van der Waals surface area contributed by atoms with Gasteiger partial charge >= 0.3 is 12.0 Å². The van der Waals surface area contributed by atoms with Crippen LogP contribution in [0.1, 0.15) is 37.7 Å². The van der Waals surface area contributed by atoms with E-state index in [1.54, 1.807) is 19.9 Å². The fraction of sp³-hybridized carbons (Fsp3) is 0.304. The maximum atomic E-state index is 12.5. The minimum Gasteiger partial charge on any atom is -0.448 e. The van der Waals surface area contributed by atoms with E-state index in [2.05, 4.69) is 10.6 Å². The molecule has 1 heterocycles. The third-order valence-corrected chi connectivity index (χ3v) is 4.72. The molecule has 32 heavy (non-hydrogen) atoms. The number of rotatable bonds is 6. The number of carbonyl (C=O) groups excluding carboxylic acids is 3. The third kappa shape index (κ3) is 6.22. The van der Waals surface area contributed by atoms with Crippen LogP contribution in [0.2, 0.25) is 5.02 Å². The van der Waals surface area contributed by atoms with Crippen molar-refractivity contribution in [3.05, 3.63) is 57.9 Å². The van der Waals surface area contributed by atoms with E-state index in [9.17, 15) is 19.6 Å². The zero-order valence-corrected chi connectivity index (χ0v) is 19.3. The maximum Gasteiger partial charge on any atom is 0.349 e. The van der Waals surface area contributed by atoms with Gasteiger partial charge in [0.1, 0.15) is 11.6 Å². The van der Waals surface area contributed by atoms with Crippen molar-refractivity contribution in [2.75, 3.05) is 0 Å². The number of aryl methyl sites for hydroxylation is 1. The normalized spacial score (nSPS) is 12.1. The highest BCUT2D eigenvalue weighted by atomic mass is 35.5. The molecule has 3 amide bonds. The Morgan fingerprint density at radius 2 is 1.88 bits per heavy atom. The molecule has 0 aliphatic carbocycles. The van der Waals surface area contributed by atoms with Gasteiger partial charge in [0.05, 0.1) is 0 Å². The van der Waals surface area contributed by atoms with Crippen molar-refractivity contribution in [2.24, 2.45) is 0 Å². The summed E-state index contributed by atoms with van der Waals surface area (Å²) in [5.41, 5.74) is 2.89. The highest BCUT2D eigenvalue weighted by molar-refractivity contribution is 6.30. The van der Waals surface area contributed by atoms with Gasteiger partial charge < -0.3 is 14.6 Å². The predicted octanol–water partition coefficient (Wildman–Crippen LogP) is 3.82. The molecule has 0 radical (unpaired) electrons. The molecule has 2 rings (SSSR count). The van der Waals surface area contributed by atoms with E-state index in [1.807, 2.05) is 48.7 Å². The van der Waals surface area contributed by atoms with Gasteiger partial charge in [-0.25, -0.2) is 9.59 Å². The first-order valence-electron chi connectivity index (χ1n) is 9.92. The van der Waals surface area contributed by atoms with Crippen LogP contribution in [0.5, 0.6) is 0 Å². The minimum atomic E-state index is -1.27. The molecule has 1 aromatic heterocycles. The number of imide groups is 1. The summed E-state index contributed by atoms with van der Waals surface area (Å²) in [7, 11) is 0. The first kappa shape index (κ1) is 24.7. The Labute approximate surface area is 191 Å². The van der Waals surface area contributed by atoms with E-state index >= 15 is 0 Å². The lowest BCUT2D eigenvalue weighted by molar-refractivity contribution is -0.150. The topological polar surface area (TPSA) is 113 Å². The standard InChI is InChI=1S/C23H25ClN4O4/c1-13(2)26-23(31)27-21(29)16(5)32-22(30)18(12-25)10-17-9-14(3)28(15(17)4)20-8-6-7-19(24)11-20/h6-11,13,16H,1-5H3,(H2,26,27,29,31)/b18-10+. The van der Waals surface area contributed by atoms with Gasteiger partial charge in [0.25, 0.3) is 5.91 Å². The second kappa shape index (κ2) is 10.6. The number of esters is 1. The number of ether oxygens (including phenoxy) is 1. The predicted molar refractivity (Wildman–Crippen MR) is 121 cm³/mol. The van der Waals surface area contributed by atoms with Crippen molar-refractivity contribution >= 4 is 35.6 Å². The van der Waals surface area contributed by atoms with Gasteiger partial charge in [-0.1, -0.05) is 17.7 Å². The molecule has 0 fully saturated rings. The van der Waals surface area contributed by atoms with Crippen LogP contribution < -0.4 is 10.6 Å². The molecular formula is C23H25ClN4O4. The Balaban J connectivity index is 2.20. The maximum absolute atomic E-state index is 12.5. The summed E-state index contributed by atoms with van der Waals surface area (Å²) in [5, 5.41) is 14.6. The van der Waals surface area contributed by atoms with E-state index in [0.717, 1.165) is 17.1 Å². The van der Waals surface area contributed by atoms with Crippen LogP contribution in [0.4, 0.5) is 4.79 Å². The summed E-state index contributed by atoms with van der Waals surface area (Å²) >= 11 is 6.10. The van der Waals surface area contributed by atoms with Crippen molar-refractivity contribution in [3.8, 4) is 11.8 Å².